The molecule has 11 heteroatoms. The maximum atomic E-state index is 11.5. The van der Waals surface area contributed by atoms with Crippen molar-refractivity contribution in [2.24, 2.45) is 4.99 Å². The monoisotopic (exact) mass is 373 g/mol. The fraction of sp³-hybridized carbons (Fsp3) is 0.667. The van der Waals surface area contributed by atoms with Crippen LogP contribution < -0.4 is 0 Å². The first-order chi connectivity index (χ1) is 12.1. The van der Waals surface area contributed by atoms with Crippen molar-refractivity contribution in [3.8, 4) is 0 Å². The second-order valence-electron chi connectivity index (χ2n) is 5.31. The Bertz CT molecular complexity index is 612. The fourth-order valence-corrected chi connectivity index (χ4v) is 2.34. The van der Waals surface area contributed by atoms with Crippen molar-refractivity contribution in [1.29, 1.82) is 0 Å². The number of rotatable bonds is 6. The lowest BCUT2D eigenvalue weighted by Crippen LogP contribution is -2.61. The summed E-state index contributed by atoms with van der Waals surface area (Å²) in [6, 6.07) is -1.33. The summed E-state index contributed by atoms with van der Waals surface area (Å²) in [5.41, 5.74) is 0. The van der Waals surface area contributed by atoms with Crippen LogP contribution in [-0.4, -0.2) is 67.2 Å². The van der Waals surface area contributed by atoms with Crippen molar-refractivity contribution in [3.05, 3.63) is 0 Å². The molecule has 0 saturated carbocycles. The number of aliphatic imine (C=N–C) groups is 1. The summed E-state index contributed by atoms with van der Waals surface area (Å²) >= 11 is 0. The maximum Gasteiger partial charge on any atom is 0.305 e. The van der Waals surface area contributed by atoms with Gasteiger partial charge in [0.1, 0.15) is 12.7 Å². The lowest BCUT2D eigenvalue weighted by Gasteiger charge is -2.42. The Morgan fingerprint density at radius 2 is 1.42 bits per heavy atom. The normalized spacial score (nSPS) is 27.5. The van der Waals surface area contributed by atoms with Gasteiger partial charge in [0, 0.05) is 27.7 Å². The molecule has 0 radical (unpaired) electrons. The van der Waals surface area contributed by atoms with Gasteiger partial charge >= 0.3 is 23.9 Å². The van der Waals surface area contributed by atoms with E-state index in [0.29, 0.717) is 0 Å². The van der Waals surface area contributed by atoms with E-state index in [1.54, 1.807) is 0 Å². The summed E-state index contributed by atoms with van der Waals surface area (Å²) in [6.45, 7) is 4.04. The Morgan fingerprint density at radius 1 is 0.885 bits per heavy atom. The molecule has 0 amide bonds. The SMILES string of the molecule is CC(=O)OC[C@H]1O[C@H](OC(C)=O)[C@H](N=C=O)[C@@H](OC(C)=O)[C@H]1OC(C)=O. The lowest BCUT2D eigenvalue weighted by atomic mass is 9.96. The Labute approximate surface area is 148 Å². The third-order valence-electron chi connectivity index (χ3n) is 3.15. The van der Waals surface area contributed by atoms with Gasteiger partial charge in [-0.3, -0.25) is 19.2 Å². The second kappa shape index (κ2) is 9.64. The number of carbonyl (C=O) groups excluding carboxylic acids is 5. The predicted octanol–water partition coefficient (Wildman–Crippen LogP) is -0.595. The minimum Gasteiger partial charge on any atom is -0.463 e. The third kappa shape index (κ3) is 6.26. The highest BCUT2D eigenvalue weighted by molar-refractivity contribution is 5.68. The van der Waals surface area contributed by atoms with Crippen LogP contribution in [0, 0.1) is 0 Å². The number of esters is 4. The van der Waals surface area contributed by atoms with E-state index in [2.05, 4.69) is 4.99 Å². The van der Waals surface area contributed by atoms with Gasteiger partial charge in [-0.15, -0.1) is 0 Å². The standard InChI is InChI=1S/C15H19NO10/c1-7(18)22-5-11-13(23-8(2)19)14(24-9(3)20)12(16-6-17)15(26-11)25-10(4)21/h11-15H,5H2,1-4H3/t11-,12-,13+,14-,15+/m1/s1. The van der Waals surface area contributed by atoms with Crippen molar-refractivity contribution < 1.29 is 47.7 Å². The van der Waals surface area contributed by atoms with Crippen LogP contribution in [0.15, 0.2) is 4.99 Å². The van der Waals surface area contributed by atoms with E-state index in [1.807, 2.05) is 0 Å². The van der Waals surface area contributed by atoms with E-state index >= 15 is 0 Å². The topological polar surface area (TPSA) is 144 Å². The molecule has 0 N–H and O–H groups in total. The van der Waals surface area contributed by atoms with Crippen LogP contribution in [0.3, 0.4) is 0 Å². The van der Waals surface area contributed by atoms with Gasteiger partial charge in [0.15, 0.2) is 18.2 Å². The average molecular weight is 373 g/mol. The molecule has 144 valence electrons. The van der Waals surface area contributed by atoms with Crippen molar-refractivity contribution in [2.75, 3.05) is 6.61 Å². The zero-order chi connectivity index (χ0) is 19.9. The number of hydrogen-bond acceptors (Lipinski definition) is 11. The average Bonchev–Trinajstić information content (AvgIpc) is 2.49. The number of carbonyl (C=O) groups is 4. The van der Waals surface area contributed by atoms with E-state index in [1.165, 1.54) is 6.08 Å². The Balaban J connectivity index is 3.28. The molecule has 5 atom stereocenters. The van der Waals surface area contributed by atoms with Gasteiger partial charge in [-0.25, -0.2) is 4.79 Å². The zero-order valence-corrected chi connectivity index (χ0v) is 14.6. The molecule has 0 aromatic rings. The van der Waals surface area contributed by atoms with Crippen LogP contribution in [0.1, 0.15) is 27.7 Å². The molecule has 1 rings (SSSR count). The van der Waals surface area contributed by atoms with Crippen LogP contribution >= 0.6 is 0 Å². The molecular weight excluding hydrogens is 354 g/mol. The summed E-state index contributed by atoms with van der Waals surface area (Å²) in [4.78, 5) is 59.5. The van der Waals surface area contributed by atoms with Crippen molar-refractivity contribution in [3.63, 3.8) is 0 Å². The highest BCUT2D eigenvalue weighted by Crippen LogP contribution is 2.29. The number of nitrogens with zero attached hydrogens (tertiary/aromatic N) is 1. The smallest absolute Gasteiger partial charge is 0.305 e. The molecule has 0 bridgehead atoms. The number of hydrogen-bond donors (Lipinski definition) is 0. The molecular formula is C15H19NO10. The number of ether oxygens (including phenoxy) is 5. The van der Waals surface area contributed by atoms with Crippen molar-refractivity contribution in [1.82, 2.24) is 0 Å². The summed E-state index contributed by atoms with van der Waals surface area (Å²) < 4.78 is 25.5. The molecule has 0 unspecified atom stereocenters. The largest absolute Gasteiger partial charge is 0.463 e. The van der Waals surface area contributed by atoms with E-state index in [4.69, 9.17) is 23.7 Å². The predicted molar refractivity (Wildman–Crippen MR) is 80.1 cm³/mol. The Morgan fingerprint density at radius 3 is 1.88 bits per heavy atom. The van der Waals surface area contributed by atoms with Crippen LogP contribution in [0.25, 0.3) is 0 Å². The molecule has 11 nitrogen and oxygen atoms in total. The third-order valence-corrected chi connectivity index (χ3v) is 3.15. The van der Waals surface area contributed by atoms with Crippen LogP contribution in [0.4, 0.5) is 0 Å². The van der Waals surface area contributed by atoms with E-state index < -0.39 is 54.5 Å². The van der Waals surface area contributed by atoms with Gasteiger partial charge in [0.05, 0.1) is 0 Å². The van der Waals surface area contributed by atoms with Crippen LogP contribution in [0.2, 0.25) is 0 Å². The Kier molecular flexibility index (Phi) is 7.88. The van der Waals surface area contributed by atoms with E-state index in [9.17, 15) is 24.0 Å². The van der Waals surface area contributed by atoms with Crippen molar-refractivity contribution in [2.45, 2.75) is 58.3 Å². The van der Waals surface area contributed by atoms with E-state index in [-0.39, 0.29) is 6.61 Å². The van der Waals surface area contributed by atoms with Gasteiger partial charge in [0.25, 0.3) is 0 Å². The van der Waals surface area contributed by atoms with Gasteiger partial charge in [-0.1, -0.05) is 0 Å². The van der Waals surface area contributed by atoms with Crippen LogP contribution in [-0.2, 0) is 47.7 Å². The molecule has 1 aliphatic heterocycles. The molecule has 1 heterocycles. The minimum absolute atomic E-state index is 0.389. The first-order valence-corrected chi connectivity index (χ1v) is 7.53. The summed E-state index contributed by atoms with van der Waals surface area (Å²) in [6.07, 6.45) is -3.94. The van der Waals surface area contributed by atoms with Gasteiger partial charge in [0.2, 0.25) is 12.4 Å². The van der Waals surface area contributed by atoms with Crippen LogP contribution in [0.5, 0.6) is 0 Å². The molecule has 0 aliphatic carbocycles. The quantitative estimate of drug-likeness (QED) is 0.256. The molecule has 1 fully saturated rings. The molecule has 0 aromatic heterocycles. The second-order valence-corrected chi connectivity index (χ2v) is 5.31. The highest BCUT2D eigenvalue weighted by atomic mass is 16.7. The van der Waals surface area contributed by atoms with Crippen molar-refractivity contribution >= 4 is 30.0 Å². The minimum atomic E-state index is -1.45. The summed E-state index contributed by atoms with van der Waals surface area (Å²) in [5, 5.41) is 0. The summed E-state index contributed by atoms with van der Waals surface area (Å²) in [5.74, 6) is -2.92. The van der Waals surface area contributed by atoms with Gasteiger partial charge in [-0.05, 0) is 0 Å². The summed E-state index contributed by atoms with van der Waals surface area (Å²) in [7, 11) is 0. The fourth-order valence-electron chi connectivity index (χ4n) is 2.34. The first kappa shape index (κ1) is 21.3. The van der Waals surface area contributed by atoms with Gasteiger partial charge in [-0.2, -0.15) is 4.99 Å². The Hall–Kier alpha value is -2.78. The zero-order valence-electron chi connectivity index (χ0n) is 14.6. The first-order valence-electron chi connectivity index (χ1n) is 7.53. The molecule has 26 heavy (non-hydrogen) atoms. The molecule has 0 spiro atoms. The molecule has 1 saturated heterocycles. The lowest BCUT2D eigenvalue weighted by molar-refractivity contribution is -0.266. The highest BCUT2D eigenvalue weighted by Gasteiger charge is 2.52. The molecule has 1 aliphatic rings. The van der Waals surface area contributed by atoms with Gasteiger partial charge < -0.3 is 23.7 Å². The maximum absolute atomic E-state index is 11.5. The number of isocyanates is 1. The van der Waals surface area contributed by atoms with E-state index in [0.717, 1.165) is 27.7 Å². The molecule has 0 aromatic carbocycles.